The molecule has 0 spiro atoms. The first-order chi connectivity index (χ1) is 12.3. The van der Waals surface area contributed by atoms with Gasteiger partial charge >= 0.3 is 0 Å². The number of rotatable bonds is 4. The Labute approximate surface area is 145 Å². The van der Waals surface area contributed by atoms with Crippen molar-refractivity contribution in [2.45, 2.75) is 19.4 Å². The predicted octanol–water partition coefficient (Wildman–Crippen LogP) is 2.02. The Morgan fingerprint density at radius 2 is 2.04 bits per heavy atom. The van der Waals surface area contributed by atoms with E-state index in [0.29, 0.717) is 11.5 Å². The molecule has 0 bridgehead atoms. The first-order valence-electron chi connectivity index (χ1n) is 8.51. The maximum atomic E-state index is 12.8. The second-order valence-electron chi connectivity index (χ2n) is 6.41. The number of carbonyl (C=O) groups is 1. The number of aromatic nitrogens is 5. The van der Waals surface area contributed by atoms with Crippen molar-refractivity contribution in [2.75, 3.05) is 13.1 Å². The summed E-state index contributed by atoms with van der Waals surface area (Å²) < 4.78 is 3.77. The topological polar surface area (TPSA) is 68.8 Å². The number of benzene rings is 1. The van der Waals surface area contributed by atoms with Gasteiger partial charge in [0, 0.05) is 37.6 Å². The van der Waals surface area contributed by atoms with Crippen molar-refractivity contribution in [1.82, 2.24) is 29.4 Å². The smallest absolute Gasteiger partial charge is 0.253 e. The molecule has 1 aromatic carbocycles. The first kappa shape index (κ1) is 15.6. The summed E-state index contributed by atoms with van der Waals surface area (Å²) >= 11 is 0. The highest BCUT2D eigenvalue weighted by Gasteiger charge is 2.24. The zero-order valence-corrected chi connectivity index (χ0v) is 13.9. The van der Waals surface area contributed by atoms with Crippen molar-refractivity contribution >= 4 is 5.91 Å². The Balaban J connectivity index is 1.43. The number of hydrogen-bond donors (Lipinski definition) is 0. The van der Waals surface area contributed by atoms with Gasteiger partial charge in [0.15, 0.2) is 0 Å². The molecule has 25 heavy (non-hydrogen) atoms. The van der Waals surface area contributed by atoms with Gasteiger partial charge in [-0.25, -0.2) is 9.67 Å². The predicted molar refractivity (Wildman–Crippen MR) is 92.2 cm³/mol. The van der Waals surface area contributed by atoms with Gasteiger partial charge in [0.25, 0.3) is 5.91 Å². The summed E-state index contributed by atoms with van der Waals surface area (Å²) in [6.45, 7) is 2.53. The molecule has 1 aliphatic rings. The zero-order valence-electron chi connectivity index (χ0n) is 13.9. The van der Waals surface area contributed by atoms with E-state index in [9.17, 15) is 4.79 Å². The van der Waals surface area contributed by atoms with Gasteiger partial charge in [-0.15, -0.1) is 5.10 Å². The molecule has 0 saturated carbocycles. The average molecular weight is 336 g/mol. The summed E-state index contributed by atoms with van der Waals surface area (Å²) in [6.07, 6.45) is 11.2. The third-order valence-corrected chi connectivity index (χ3v) is 4.64. The summed E-state index contributed by atoms with van der Waals surface area (Å²) in [6, 6.07) is 7.52. The van der Waals surface area contributed by atoms with Crippen molar-refractivity contribution in [3.05, 3.63) is 60.9 Å². The van der Waals surface area contributed by atoms with E-state index in [1.54, 1.807) is 23.3 Å². The fourth-order valence-electron chi connectivity index (χ4n) is 3.38. The van der Waals surface area contributed by atoms with E-state index < -0.39 is 0 Å². The number of likely N-dealkylation sites (tertiary alicyclic amines) is 1. The summed E-state index contributed by atoms with van der Waals surface area (Å²) in [5.74, 6) is 0.571. The molecular weight excluding hydrogens is 316 g/mol. The summed E-state index contributed by atoms with van der Waals surface area (Å²) in [5.41, 5.74) is 1.61. The molecule has 1 saturated heterocycles. The van der Waals surface area contributed by atoms with Gasteiger partial charge in [-0.1, -0.05) is 5.21 Å². The van der Waals surface area contributed by atoms with Crippen LogP contribution in [0.5, 0.6) is 0 Å². The molecule has 0 radical (unpaired) electrons. The number of piperidine rings is 1. The van der Waals surface area contributed by atoms with E-state index in [1.807, 2.05) is 41.7 Å². The zero-order chi connectivity index (χ0) is 17.1. The molecule has 1 atom stereocenters. The fraction of sp³-hybridized carbons (Fsp3) is 0.333. The van der Waals surface area contributed by atoms with Crippen molar-refractivity contribution in [1.29, 1.82) is 0 Å². The Morgan fingerprint density at radius 1 is 1.16 bits per heavy atom. The highest BCUT2D eigenvalue weighted by atomic mass is 16.2. The molecule has 1 amide bonds. The lowest BCUT2D eigenvalue weighted by Crippen LogP contribution is -2.41. The van der Waals surface area contributed by atoms with Crippen molar-refractivity contribution < 1.29 is 4.79 Å². The molecule has 0 aliphatic carbocycles. The minimum atomic E-state index is 0.0977. The maximum Gasteiger partial charge on any atom is 0.253 e. The minimum Gasteiger partial charge on any atom is -0.338 e. The fourth-order valence-corrected chi connectivity index (χ4v) is 3.38. The molecule has 1 aliphatic heterocycles. The van der Waals surface area contributed by atoms with E-state index in [2.05, 4.69) is 19.9 Å². The van der Waals surface area contributed by atoms with Crippen LogP contribution in [0.15, 0.2) is 55.4 Å². The molecule has 7 nitrogen and oxygen atoms in total. The number of imidazole rings is 1. The molecule has 1 unspecified atom stereocenters. The molecule has 3 heterocycles. The number of nitrogens with zero attached hydrogens (tertiary/aromatic N) is 6. The monoisotopic (exact) mass is 336 g/mol. The van der Waals surface area contributed by atoms with Crippen LogP contribution in [-0.4, -0.2) is 48.4 Å². The molecular formula is C18H20N6O. The van der Waals surface area contributed by atoms with E-state index >= 15 is 0 Å². The normalized spacial score (nSPS) is 17.6. The Morgan fingerprint density at radius 3 is 2.76 bits per heavy atom. The molecule has 4 rings (SSSR count). The molecule has 0 N–H and O–H groups in total. The van der Waals surface area contributed by atoms with E-state index in [0.717, 1.165) is 38.2 Å². The van der Waals surface area contributed by atoms with Crippen LogP contribution in [0.4, 0.5) is 0 Å². The van der Waals surface area contributed by atoms with Gasteiger partial charge in [-0.2, -0.15) is 0 Å². The number of amides is 1. The van der Waals surface area contributed by atoms with Gasteiger partial charge in [-0.3, -0.25) is 4.79 Å². The second kappa shape index (κ2) is 6.88. The lowest BCUT2D eigenvalue weighted by Gasteiger charge is -2.33. The third kappa shape index (κ3) is 3.45. The molecule has 128 valence electrons. The van der Waals surface area contributed by atoms with Gasteiger partial charge in [0.05, 0.1) is 24.4 Å². The van der Waals surface area contributed by atoms with Crippen LogP contribution in [0.25, 0.3) is 5.69 Å². The highest BCUT2D eigenvalue weighted by molar-refractivity contribution is 5.94. The van der Waals surface area contributed by atoms with Crippen LogP contribution >= 0.6 is 0 Å². The van der Waals surface area contributed by atoms with Crippen molar-refractivity contribution in [3.63, 3.8) is 0 Å². The standard InChI is InChI=1S/C18H20N6O/c25-18(16-3-5-17(6-4-16)24-11-8-20-21-24)23-9-1-2-15(13-23)12-22-10-7-19-14-22/h3-8,10-11,14-15H,1-2,9,12-13H2. The van der Waals surface area contributed by atoms with Gasteiger partial charge in [0.2, 0.25) is 0 Å². The van der Waals surface area contributed by atoms with E-state index in [4.69, 9.17) is 0 Å². The Bertz CT molecular complexity index is 810. The van der Waals surface area contributed by atoms with Crippen molar-refractivity contribution in [3.8, 4) is 5.69 Å². The van der Waals surface area contributed by atoms with Crippen LogP contribution in [-0.2, 0) is 6.54 Å². The summed E-state index contributed by atoms with van der Waals surface area (Å²) in [5, 5.41) is 7.76. The third-order valence-electron chi connectivity index (χ3n) is 4.64. The van der Waals surface area contributed by atoms with Crippen LogP contribution in [0.3, 0.4) is 0 Å². The van der Waals surface area contributed by atoms with E-state index in [-0.39, 0.29) is 5.91 Å². The van der Waals surface area contributed by atoms with Crippen molar-refractivity contribution in [2.24, 2.45) is 5.92 Å². The van der Waals surface area contributed by atoms with Gasteiger partial charge in [-0.05, 0) is 43.0 Å². The van der Waals surface area contributed by atoms with E-state index in [1.165, 1.54) is 0 Å². The van der Waals surface area contributed by atoms with Crippen LogP contribution in [0, 0.1) is 5.92 Å². The molecule has 2 aromatic heterocycles. The maximum absolute atomic E-state index is 12.8. The van der Waals surface area contributed by atoms with Crippen LogP contribution in [0.2, 0.25) is 0 Å². The number of carbonyl (C=O) groups excluding carboxylic acids is 1. The lowest BCUT2D eigenvalue weighted by molar-refractivity contribution is 0.0662. The quantitative estimate of drug-likeness (QED) is 0.731. The second-order valence-corrected chi connectivity index (χ2v) is 6.41. The van der Waals surface area contributed by atoms with Gasteiger partial charge in [0.1, 0.15) is 0 Å². The van der Waals surface area contributed by atoms with Gasteiger partial charge < -0.3 is 9.47 Å². The SMILES string of the molecule is O=C(c1ccc(-n2ccnn2)cc1)N1CCCC(Cn2ccnc2)C1. The Hall–Kier alpha value is -2.96. The highest BCUT2D eigenvalue weighted by Crippen LogP contribution is 2.20. The molecule has 7 heteroatoms. The number of hydrogen-bond acceptors (Lipinski definition) is 4. The Kier molecular flexibility index (Phi) is 4.28. The molecule has 3 aromatic rings. The molecule has 1 fully saturated rings. The summed E-state index contributed by atoms with van der Waals surface area (Å²) in [4.78, 5) is 18.9. The first-order valence-corrected chi connectivity index (χ1v) is 8.51. The van der Waals surface area contributed by atoms with Crippen LogP contribution < -0.4 is 0 Å². The average Bonchev–Trinajstić information content (AvgIpc) is 3.35. The lowest BCUT2D eigenvalue weighted by atomic mass is 9.97. The minimum absolute atomic E-state index is 0.0977. The summed E-state index contributed by atoms with van der Waals surface area (Å²) in [7, 11) is 0. The van der Waals surface area contributed by atoms with Crippen LogP contribution in [0.1, 0.15) is 23.2 Å². The largest absolute Gasteiger partial charge is 0.338 e.